The molecule has 0 bridgehead atoms. The minimum absolute atomic E-state index is 0.0351. The van der Waals surface area contributed by atoms with Crippen molar-refractivity contribution >= 4 is 23.9 Å². The van der Waals surface area contributed by atoms with Gasteiger partial charge in [0.25, 0.3) is 0 Å². The number of benzene rings is 2. The predicted octanol–water partition coefficient (Wildman–Crippen LogP) is 2.76. The van der Waals surface area contributed by atoms with Gasteiger partial charge in [-0.05, 0) is 36.0 Å². The number of piperidine rings is 1. The Morgan fingerprint density at radius 1 is 1.11 bits per heavy atom. The van der Waals surface area contributed by atoms with Gasteiger partial charge in [0.15, 0.2) is 0 Å². The van der Waals surface area contributed by atoms with Gasteiger partial charge in [-0.2, -0.15) is 5.10 Å². The molecule has 0 spiro atoms. The lowest BCUT2D eigenvalue weighted by Crippen LogP contribution is -2.49. The second-order valence-corrected chi connectivity index (χ2v) is 9.73. The molecule has 10 nitrogen and oxygen atoms in total. The number of ether oxygens (including phenoxy) is 1. The lowest BCUT2D eigenvalue weighted by Gasteiger charge is -2.41. The number of nitrogens with zero attached hydrogens (tertiary/aromatic N) is 3. The zero-order chi connectivity index (χ0) is 26.8. The molecule has 0 radical (unpaired) electrons. The summed E-state index contributed by atoms with van der Waals surface area (Å²) in [5.74, 6) is -1.91. The molecule has 2 aromatic rings. The van der Waals surface area contributed by atoms with Gasteiger partial charge in [0.05, 0.1) is 24.1 Å². The van der Waals surface area contributed by atoms with E-state index in [1.54, 1.807) is 6.21 Å². The van der Waals surface area contributed by atoms with E-state index >= 15 is 0 Å². The maximum Gasteiger partial charge on any atom is 0.329 e. The van der Waals surface area contributed by atoms with E-state index in [0.717, 1.165) is 29.8 Å². The van der Waals surface area contributed by atoms with Crippen LogP contribution in [-0.4, -0.2) is 83.5 Å². The number of nitrogens with one attached hydrogen (secondary N) is 1. The molecule has 202 valence electrons. The van der Waals surface area contributed by atoms with E-state index in [-0.39, 0.29) is 12.6 Å². The Kier molecular flexibility index (Phi) is 9.45. The van der Waals surface area contributed by atoms with Crippen molar-refractivity contribution in [3.05, 3.63) is 71.3 Å². The van der Waals surface area contributed by atoms with Crippen molar-refractivity contribution in [1.82, 2.24) is 10.3 Å². The van der Waals surface area contributed by atoms with Gasteiger partial charge in [0, 0.05) is 32.5 Å². The Bertz CT molecular complexity index is 1130. The number of carboxylic acid groups (broad SMARTS) is 2. The first-order valence-electron chi connectivity index (χ1n) is 12.8. The monoisotopic (exact) mass is 522 g/mol. The SMILES string of the molecule is O=C(O)COC1(CC2CC(c3ccc(C=NNCCc4ccccc4)cc3)=NO2)CCN(CC(=O)O)CC1. The fraction of sp³-hybridized carbons (Fsp3) is 0.429. The third kappa shape index (κ3) is 8.12. The molecule has 4 rings (SSSR count). The van der Waals surface area contributed by atoms with Crippen molar-refractivity contribution in [3.63, 3.8) is 0 Å². The highest BCUT2D eigenvalue weighted by atomic mass is 16.6. The molecule has 2 aliphatic rings. The molecule has 3 N–H and O–H groups in total. The number of hydrogen-bond acceptors (Lipinski definition) is 8. The Morgan fingerprint density at radius 3 is 2.53 bits per heavy atom. The molecule has 38 heavy (non-hydrogen) atoms. The number of likely N-dealkylation sites (tertiary alicyclic amines) is 1. The molecule has 1 saturated heterocycles. The molecular weight excluding hydrogens is 488 g/mol. The van der Waals surface area contributed by atoms with Crippen LogP contribution in [0.3, 0.4) is 0 Å². The van der Waals surface area contributed by atoms with E-state index in [1.807, 2.05) is 47.4 Å². The highest BCUT2D eigenvalue weighted by Crippen LogP contribution is 2.34. The summed E-state index contributed by atoms with van der Waals surface area (Å²) in [4.78, 5) is 29.8. The molecule has 2 aliphatic heterocycles. The molecule has 1 unspecified atom stereocenters. The quantitative estimate of drug-likeness (QED) is 0.208. The molecule has 0 saturated carbocycles. The fourth-order valence-corrected chi connectivity index (χ4v) is 4.85. The molecule has 0 aliphatic carbocycles. The molecule has 2 aromatic carbocycles. The van der Waals surface area contributed by atoms with Crippen molar-refractivity contribution in [3.8, 4) is 0 Å². The minimum atomic E-state index is -1.03. The van der Waals surface area contributed by atoms with Crippen LogP contribution < -0.4 is 5.43 Å². The molecule has 2 heterocycles. The Hall–Kier alpha value is -3.76. The van der Waals surface area contributed by atoms with Gasteiger partial charge in [0.2, 0.25) is 0 Å². The smallest absolute Gasteiger partial charge is 0.329 e. The van der Waals surface area contributed by atoms with Crippen LogP contribution in [0.25, 0.3) is 0 Å². The zero-order valence-corrected chi connectivity index (χ0v) is 21.3. The van der Waals surface area contributed by atoms with E-state index in [2.05, 4.69) is 27.8 Å². The second kappa shape index (κ2) is 13.2. The van der Waals surface area contributed by atoms with Crippen LogP contribution >= 0.6 is 0 Å². The molecule has 0 aromatic heterocycles. The van der Waals surface area contributed by atoms with Crippen LogP contribution in [0.15, 0.2) is 64.9 Å². The first-order chi connectivity index (χ1) is 18.4. The van der Waals surface area contributed by atoms with Crippen LogP contribution in [0, 0.1) is 0 Å². The number of oxime groups is 1. The summed E-state index contributed by atoms with van der Waals surface area (Å²) in [7, 11) is 0. The number of carboxylic acids is 2. The van der Waals surface area contributed by atoms with E-state index in [0.29, 0.717) is 38.8 Å². The summed E-state index contributed by atoms with van der Waals surface area (Å²) in [5.41, 5.74) is 6.41. The third-order valence-corrected chi connectivity index (χ3v) is 6.88. The van der Waals surface area contributed by atoms with Crippen molar-refractivity contribution in [2.24, 2.45) is 10.3 Å². The largest absolute Gasteiger partial charge is 0.480 e. The second-order valence-electron chi connectivity index (χ2n) is 9.73. The number of hydrogen-bond donors (Lipinski definition) is 3. The van der Waals surface area contributed by atoms with Crippen molar-refractivity contribution in [1.29, 1.82) is 0 Å². The van der Waals surface area contributed by atoms with Crippen LogP contribution in [0.4, 0.5) is 0 Å². The third-order valence-electron chi connectivity index (χ3n) is 6.88. The number of hydrazone groups is 1. The highest BCUT2D eigenvalue weighted by Gasteiger charge is 2.40. The predicted molar refractivity (Wildman–Crippen MR) is 142 cm³/mol. The van der Waals surface area contributed by atoms with E-state index < -0.39 is 24.1 Å². The Morgan fingerprint density at radius 2 is 1.84 bits per heavy atom. The normalized spacial score (nSPS) is 19.2. The molecular formula is C28H34N4O6. The van der Waals surface area contributed by atoms with Crippen LogP contribution in [-0.2, 0) is 25.6 Å². The van der Waals surface area contributed by atoms with Gasteiger partial charge < -0.3 is 25.2 Å². The maximum absolute atomic E-state index is 11.2. The Labute approximate surface area is 221 Å². The van der Waals surface area contributed by atoms with Crippen molar-refractivity contribution in [2.75, 3.05) is 32.8 Å². The molecule has 10 heteroatoms. The van der Waals surface area contributed by atoms with E-state index in [9.17, 15) is 9.59 Å². The van der Waals surface area contributed by atoms with Gasteiger partial charge in [-0.3, -0.25) is 9.69 Å². The average molecular weight is 523 g/mol. The zero-order valence-electron chi connectivity index (χ0n) is 21.3. The highest BCUT2D eigenvalue weighted by molar-refractivity contribution is 6.01. The summed E-state index contributed by atoms with van der Waals surface area (Å²) in [6.07, 6.45) is 4.61. The van der Waals surface area contributed by atoms with Gasteiger partial charge in [-0.25, -0.2) is 4.79 Å². The summed E-state index contributed by atoms with van der Waals surface area (Å²) in [6.45, 7) is 1.37. The number of carbonyl (C=O) groups is 2. The summed E-state index contributed by atoms with van der Waals surface area (Å²) in [6, 6.07) is 18.2. The molecule has 1 atom stereocenters. The molecule has 0 amide bonds. The maximum atomic E-state index is 11.2. The van der Waals surface area contributed by atoms with Gasteiger partial charge >= 0.3 is 11.9 Å². The summed E-state index contributed by atoms with van der Waals surface area (Å²) < 4.78 is 5.86. The van der Waals surface area contributed by atoms with Crippen LogP contribution in [0.2, 0.25) is 0 Å². The number of aliphatic carboxylic acids is 2. The van der Waals surface area contributed by atoms with E-state index in [1.165, 1.54) is 5.56 Å². The van der Waals surface area contributed by atoms with Gasteiger partial charge in [0.1, 0.15) is 12.7 Å². The van der Waals surface area contributed by atoms with Crippen LogP contribution in [0.5, 0.6) is 0 Å². The lowest BCUT2D eigenvalue weighted by molar-refractivity contribution is -0.159. The standard InChI is InChI=1S/C28H34N4O6/c33-26(34)19-32-14-11-28(12-15-32,37-20-27(35)36)17-24-16-25(31-38-24)23-8-6-22(7-9-23)18-30-29-13-10-21-4-2-1-3-5-21/h1-9,18,24,29H,10-17,19-20H2,(H,33,34)(H,35,36). The van der Waals surface area contributed by atoms with Crippen LogP contribution in [0.1, 0.15) is 42.4 Å². The first-order valence-corrected chi connectivity index (χ1v) is 12.8. The average Bonchev–Trinajstić information content (AvgIpc) is 3.37. The summed E-state index contributed by atoms with van der Waals surface area (Å²) in [5, 5.41) is 26.8. The van der Waals surface area contributed by atoms with Crippen molar-refractivity contribution in [2.45, 2.75) is 43.8 Å². The number of rotatable bonds is 13. The first kappa shape index (κ1) is 27.3. The Balaban J connectivity index is 1.26. The topological polar surface area (TPSA) is 133 Å². The van der Waals surface area contributed by atoms with Gasteiger partial charge in [-0.15, -0.1) is 0 Å². The minimum Gasteiger partial charge on any atom is -0.480 e. The fourth-order valence-electron chi connectivity index (χ4n) is 4.85. The summed E-state index contributed by atoms with van der Waals surface area (Å²) >= 11 is 0. The lowest BCUT2D eigenvalue weighted by atomic mass is 9.84. The molecule has 1 fully saturated rings. The van der Waals surface area contributed by atoms with Gasteiger partial charge in [-0.1, -0.05) is 59.8 Å². The van der Waals surface area contributed by atoms with E-state index in [4.69, 9.17) is 19.8 Å². The van der Waals surface area contributed by atoms with Crippen molar-refractivity contribution < 1.29 is 29.4 Å².